The zero-order valence-electron chi connectivity index (χ0n) is 15.6. The van der Waals surface area contributed by atoms with Crippen LogP contribution in [0.5, 0.6) is 0 Å². The topological polar surface area (TPSA) is 70.6 Å². The van der Waals surface area contributed by atoms with Crippen LogP contribution in [0.2, 0.25) is 5.02 Å². The molecular weight excluding hydrogens is 386 g/mol. The summed E-state index contributed by atoms with van der Waals surface area (Å²) in [5.74, 6) is -1.01. The second-order valence-corrected chi connectivity index (χ2v) is 7.08. The number of benzene rings is 3. The summed E-state index contributed by atoms with van der Waals surface area (Å²) in [7, 11) is 1.58. The van der Waals surface area contributed by atoms with Gasteiger partial charge in [0.2, 0.25) is 5.91 Å². The highest BCUT2D eigenvalue weighted by molar-refractivity contribution is 6.30. The second kappa shape index (κ2) is 7.89. The van der Waals surface area contributed by atoms with Gasteiger partial charge in [-0.15, -0.1) is 0 Å². The van der Waals surface area contributed by atoms with Crippen LogP contribution < -0.4 is 10.6 Å². The van der Waals surface area contributed by atoms with Gasteiger partial charge < -0.3 is 10.6 Å². The molecule has 1 atom stereocenters. The lowest BCUT2D eigenvalue weighted by atomic mass is 9.89. The Kier molecular flexibility index (Phi) is 5.14. The van der Waals surface area contributed by atoms with Crippen LogP contribution in [-0.4, -0.2) is 24.6 Å². The van der Waals surface area contributed by atoms with E-state index in [1.54, 1.807) is 49.5 Å². The third-order valence-corrected chi connectivity index (χ3v) is 5.04. The van der Waals surface area contributed by atoms with Crippen molar-refractivity contribution in [2.75, 3.05) is 12.4 Å². The summed E-state index contributed by atoms with van der Waals surface area (Å²) in [6.07, 6.45) is 0. The third-order valence-electron chi connectivity index (χ3n) is 4.79. The number of amides is 2. The van der Waals surface area contributed by atoms with Crippen molar-refractivity contribution in [2.45, 2.75) is 5.92 Å². The molecule has 144 valence electrons. The maximum Gasteiger partial charge on any atom is 0.251 e. The molecule has 0 aliphatic carbocycles. The number of fused-ring (bicyclic) bond motifs is 1. The van der Waals surface area contributed by atoms with Crippen LogP contribution in [0.4, 0.5) is 11.4 Å². The molecule has 1 unspecified atom stereocenters. The maximum atomic E-state index is 12.9. The predicted octanol–water partition coefficient (Wildman–Crippen LogP) is 4.56. The molecule has 0 bridgehead atoms. The molecule has 5 nitrogen and oxygen atoms in total. The van der Waals surface area contributed by atoms with Crippen LogP contribution in [-0.2, 0) is 4.79 Å². The van der Waals surface area contributed by atoms with Crippen molar-refractivity contribution >= 4 is 40.5 Å². The first-order valence-corrected chi connectivity index (χ1v) is 9.51. The Morgan fingerprint density at radius 1 is 1.00 bits per heavy atom. The smallest absolute Gasteiger partial charge is 0.251 e. The largest absolute Gasteiger partial charge is 0.355 e. The highest BCUT2D eigenvalue weighted by Crippen LogP contribution is 2.37. The quantitative estimate of drug-likeness (QED) is 0.627. The summed E-state index contributed by atoms with van der Waals surface area (Å²) in [6.45, 7) is 0. The molecule has 0 saturated carbocycles. The second-order valence-electron chi connectivity index (χ2n) is 6.64. The number of hydrogen-bond acceptors (Lipinski definition) is 3. The van der Waals surface area contributed by atoms with Crippen LogP contribution in [0.25, 0.3) is 0 Å². The molecule has 1 aliphatic heterocycles. The van der Waals surface area contributed by atoms with E-state index in [1.807, 2.05) is 30.3 Å². The van der Waals surface area contributed by atoms with Crippen LogP contribution in [0.1, 0.15) is 27.4 Å². The molecular formula is C23H18ClN3O2. The van der Waals surface area contributed by atoms with Gasteiger partial charge in [0.05, 0.1) is 11.4 Å². The molecule has 2 amide bonds. The van der Waals surface area contributed by atoms with E-state index in [4.69, 9.17) is 16.6 Å². The lowest BCUT2D eigenvalue weighted by molar-refractivity contribution is -0.115. The van der Waals surface area contributed by atoms with Gasteiger partial charge in [0.1, 0.15) is 5.92 Å². The van der Waals surface area contributed by atoms with Crippen molar-refractivity contribution in [1.29, 1.82) is 0 Å². The highest BCUT2D eigenvalue weighted by atomic mass is 35.5. The van der Waals surface area contributed by atoms with Crippen molar-refractivity contribution in [3.05, 3.63) is 94.5 Å². The molecule has 0 radical (unpaired) electrons. The van der Waals surface area contributed by atoms with Crippen LogP contribution in [0, 0.1) is 0 Å². The van der Waals surface area contributed by atoms with Crippen molar-refractivity contribution in [2.24, 2.45) is 4.99 Å². The maximum absolute atomic E-state index is 12.9. The van der Waals surface area contributed by atoms with Crippen molar-refractivity contribution in [3.8, 4) is 0 Å². The van der Waals surface area contributed by atoms with Gasteiger partial charge >= 0.3 is 0 Å². The normalized spacial score (nSPS) is 15.6. The highest BCUT2D eigenvalue weighted by Gasteiger charge is 2.36. The van der Waals surface area contributed by atoms with E-state index in [-0.39, 0.29) is 11.8 Å². The lowest BCUT2D eigenvalue weighted by Crippen LogP contribution is -2.22. The molecule has 0 aromatic heterocycles. The minimum absolute atomic E-state index is 0.175. The summed E-state index contributed by atoms with van der Waals surface area (Å²) >= 11 is 5.99. The summed E-state index contributed by atoms with van der Waals surface area (Å²) in [6, 6.07) is 21.9. The molecule has 29 heavy (non-hydrogen) atoms. The fourth-order valence-electron chi connectivity index (χ4n) is 3.38. The minimum Gasteiger partial charge on any atom is -0.355 e. The monoisotopic (exact) mass is 403 g/mol. The Morgan fingerprint density at radius 2 is 1.72 bits per heavy atom. The van der Waals surface area contributed by atoms with Gasteiger partial charge in [-0.2, -0.15) is 0 Å². The van der Waals surface area contributed by atoms with E-state index in [0.717, 1.165) is 11.1 Å². The van der Waals surface area contributed by atoms with Crippen LogP contribution in [0.3, 0.4) is 0 Å². The minimum atomic E-state index is -0.632. The van der Waals surface area contributed by atoms with Crippen LogP contribution in [0.15, 0.2) is 77.8 Å². The first kappa shape index (κ1) is 18.9. The molecule has 3 aromatic carbocycles. The van der Waals surface area contributed by atoms with Crippen LogP contribution >= 0.6 is 11.6 Å². The van der Waals surface area contributed by atoms with Gasteiger partial charge in [0.25, 0.3) is 5.91 Å². The number of hydrogen-bond donors (Lipinski definition) is 2. The number of carbonyl (C=O) groups excluding carboxylic acids is 2. The molecule has 3 aromatic rings. The zero-order chi connectivity index (χ0) is 20.4. The molecule has 4 rings (SSSR count). The standard InChI is InChI=1S/C23H18ClN3O2/c1-25-22(28)15-7-12-19-18(13-15)20(23(29)27-19)21(14-5-3-2-4-6-14)26-17-10-8-16(24)9-11-17/h2-13,20H,1H3,(H,25,28)(H,27,29). The number of rotatable bonds is 4. The summed E-state index contributed by atoms with van der Waals surface area (Å²) < 4.78 is 0. The summed E-state index contributed by atoms with van der Waals surface area (Å²) in [5, 5.41) is 6.14. The molecule has 6 heteroatoms. The van der Waals surface area contributed by atoms with Gasteiger partial charge in [-0.25, -0.2) is 0 Å². The number of aliphatic imine (C=N–C) groups is 1. The van der Waals surface area contributed by atoms with Gasteiger partial charge in [-0.05, 0) is 53.6 Å². The Hall–Kier alpha value is -3.44. The Bertz CT molecular complexity index is 1110. The fraction of sp³-hybridized carbons (Fsp3) is 0.0870. The molecule has 1 aliphatic rings. The van der Waals surface area contributed by atoms with E-state index < -0.39 is 5.92 Å². The molecule has 1 heterocycles. The molecule has 0 spiro atoms. The van der Waals surface area contributed by atoms with Gasteiger partial charge in [0, 0.05) is 23.3 Å². The van der Waals surface area contributed by atoms with Crippen molar-refractivity contribution in [1.82, 2.24) is 5.32 Å². The fourth-order valence-corrected chi connectivity index (χ4v) is 3.50. The zero-order valence-corrected chi connectivity index (χ0v) is 16.4. The lowest BCUT2D eigenvalue weighted by Gasteiger charge is -2.14. The third kappa shape index (κ3) is 3.77. The average molecular weight is 404 g/mol. The SMILES string of the molecule is CNC(=O)c1ccc2c(c1)C(C(=Nc1ccc(Cl)cc1)c1ccccc1)C(=O)N2. The number of carbonyl (C=O) groups is 2. The molecule has 2 N–H and O–H groups in total. The molecule has 0 fully saturated rings. The van der Waals surface area contributed by atoms with Crippen molar-refractivity contribution < 1.29 is 9.59 Å². The summed E-state index contributed by atoms with van der Waals surface area (Å²) in [5.41, 5.74) is 4.04. The van der Waals surface area contributed by atoms with Crippen molar-refractivity contribution in [3.63, 3.8) is 0 Å². The first-order chi connectivity index (χ1) is 14.1. The summed E-state index contributed by atoms with van der Waals surface area (Å²) in [4.78, 5) is 29.8. The average Bonchev–Trinajstić information content (AvgIpc) is 3.08. The van der Waals surface area contributed by atoms with E-state index in [9.17, 15) is 9.59 Å². The predicted molar refractivity (Wildman–Crippen MR) is 115 cm³/mol. The Morgan fingerprint density at radius 3 is 2.41 bits per heavy atom. The first-order valence-electron chi connectivity index (χ1n) is 9.13. The van der Waals surface area contributed by atoms with Gasteiger partial charge in [-0.3, -0.25) is 14.6 Å². The Balaban J connectivity index is 1.87. The number of anilines is 1. The Labute approximate surface area is 173 Å². The van der Waals surface area contributed by atoms with E-state index >= 15 is 0 Å². The number of nitrogens with one attached hydrogen (secondary N) is 2. The van der Waals surface area contributed by atoms with Gasteiger partial charge in [-0.1, -0.05) is 41.9 Å². The number of halogens is 1. The number of nitrogens with zero attached hydrogens (tertiary/aromatic N) is 1. The van der Waals surface area contributed by atoms with E-state index in [0.29, 0.717) is 27.7 Å². The van der Waals surface area contributed by atoms with E-state index in [1.165, 1.54) is 0 Å². The molecule has 0 saturated heterocycles. The van der Waals surface area contributed by atoms with Gasteiger partial charge in [0.15, 0.2) is 0 Å². The van der Waals surface area contributed by atoms with E-state index in [2.05, 4.69) is 10.6 Å².